The molecule has 102 valence electrons. The number of nitrogens with one attached hydrogen (secondary N) is 2. The molecule has 0 aromatic rings. The van der Waals surface area contributed by atoms with Crippen molar-refractivity contribution in [2.24, 2.45) is 0 Å². The van der Waals surface area contributed by atoms with Gasteiger partial charge in [0.05, 0.1) is 0 Å². The Morgan fingerprint density at radius 3 is 2.47 bits per heavy atom. The van der Waals surface area contributed by atoms with E-state index in [4.69, 9.17) is 0 Å². The zero-order chi connectivity index (χ0) is 12.5. The third-order valence-corrected chi connectivity index (χ3v) is 3.87. The first kappa shape index (κ1) is 14.9. The summed E-state index contributed by atoms with van der Waals surface area (Å²) in [5.74, 6) is 0. The molecule has 1 atom stereocenters. The highest BCUT2D eigenvalue weighted by atomic mass is 15.1. The second-order valence-corrected chi connectivity index (χ2v) is 5.26. The van der Waals surface area contributed by atoms with Crippen LogP contribution in [0.3, 0.4) is 0 Å². The van der Waals surface area contributed by atoms with Crippen LogP contribution in [0.5, 0.6) is 0 Å². The first-order chi connectivity index (χ1) is 8.26. The molecule has 0 spiro atoms. The second kappa shape index (κ2) is 8.90. The van der Waals surface area contributed by atoms with Gasteiger partial charge in [0, 0.05) is 12.1 Å². The monoisotopic (exact) mass is 241 g/mol. The van der Waals surface area contributed by atoms with E-state index in [1.165, 1.54) is 58.4 Å². The minimum atomic E-state index is 0.675. The fourth-order valence-electron chi connectivity index (χ4n) is 2.64. The molecule has 1 aliphatic rings. The van der Waals surface area contributed by atoms with Gasteiger partial charge in [-0.25, -0.2) is 0 Å². The van der Waals surface area contributed by atoms with Crippen molar-refractivity contribution in [2.75, 3.05) is 32.7 Å². The van der Waals surface area contributed by atoms with Crippen LogP contribution in [0.15, 0.2) is 0 Å². The van der Waals surface area contributed by atoms with Gasteiger partial charge in [0.15, 0.2) is 0 Å². The van der Waals surface area contributed by atoms with E-state index in [1.807, 2.05) is 0 Å². The van der Waals surface area contributed by atoms with E-state index < -0.39 is 0 Å². The van der Waals surface area contributed by atoms with E-state index in [0.717, 1.165) is 6.04 Å². The van der Waals surface area contributed by atoms with Crippen LogP contribution in [0.4, 0.5) is 0 Å². The van der Waals surface area contributed by atoms with Crippen molar-refractivity contribution in [1.29, 1.82) is 0 Å². The van der Waals surface area contributed by atoms with Crippen molar-refractivity contribution < 1.29 is 0 Å². The lowest BCUT2D eigenvalue weighted by Gasteiger charge is -2.27. The molecule has 17 heavy (non-hydrogen) atoms. The molecule has 1 heterocycles. The first-order valence-electron chi connectivity index (χ1n) is 7.45. The van der Waals surface area contributed by atoms with Gasteiger partial charge in [-0.1, -0.05) is 13.8 Å². The van der Waals surface area contributed by atoms with Crippen molar-refractivity contribution in [3.8, 4) is 0 Å². The molecule has 1 unspecified atom stereocenters. The Morgan fingerprint density at radius 1 is 1.24 bits per heavy atom. The molecular formula is C14H31N3. The Balaban J connectivity index is 2.05. The van der Waals surface area contributed by atoms with Crippen LogP contribution < -0.4 is 10.6 Å². The van der Waals surface area contributed by atoms with E-state index in [0.29, 0.717) is 6.04 Å². The molecule has 2 N–H and O–H groups in total. The van der Waals surface area contributed by atoms with Crippen LogP contribution in [0.2, 0.25) is 0 Å². The summed E-state index contributed by atoms with van der Waals surface area (Å²) in [7, 11) is 0. The maximum atomic E-state index is 3.77. The highest BCUT2D eigenvalue weighted by Gasteiger charge is 2.14. The van der Waals surface area contributed by atoms with Gasteiger partial charge in [0.1, 0.15) is 0 Å². The predicted molar refractivity (Wildman–Crippen MR) is 75.5 cm³/mol. The predicted octanol–water partition coefficient (Wildman–Crippen LogP) is 1.84. The van der Waals surface area contributed by atoms with Gasteiger partial charge in [0.2, 0.25) is 0 Å². The average molecular weight is 241 g/mol. The second-order valence-electron chi connectivity index (χ2n) is 5.26. The minimum Gasteiger partial charge on any atom is -0.317 e. The van der Waals surface area contributed by atoms with Gasteiger partial charge in [-0.05, 0) is 65.3 Å². The number of hydrogen-bond donors (Lipinski definition) is 2. The van der Waals surface area contributed by atoms with Crippen LogP contribution in [-0.2, 0) is 0 Å². The average Bonchev–Trinajstić information content (AvgIpc) is 2.36. The first-order valence-corrected chi connectivity index (χ1v) is 7.45. The topological polar surface area (TPSA) is 27.3 Å². The van der Waals surface area contributed by atoms with Crippen molar-refractivity contribution >= 4 is 0 Å². The van der Waals surface area contributed by atoms with Gasteiger partial charge in [-0.2, -0.15) is 0 Å². The highest BCUT2D eigenvalue weighted by Crippen LogP contribution is 2.06. The molecule has 0 aliphatic carbocycles. The summed E-state index contributed by atoms with van der Waals surface area (Å²) in [5, 5.41) is 7.18. The number of hydrogen-bond acceptors (Lipinski definition) is 3. The zero-order valence-electron chi connectivity index (χ0n) is 12.0. The highest BCUT2D eigenvalue weighted by molar-refractivity contribution is 4.77. The summed E-state index contributed by atoms with van der Waals surface area (Å²) in [4.78, 5) is 2.51. The van der Waals surface area contributed by atoms with Crippen molar-refractivity contribution in [3.05, 3.63) is 0 Å². The molecule has 1 rings (SSSR count). The van der Waals surface area contributed by atoms with E-state index in [1.54, 1.807) is 0 Å². The van der Waals surface area contributed by atoms with Crippen molar-refractivity contribution in [3.63, 3.8) is 0 Å². The van der Waals surface area contributed by atoms with Gasteiger partial charge >= 0.3 is 0 Å². The van der Waals surface area contributed by atoms with E-state index in [-0.39, 0.29) is 0 Å². The summed E-state index contributed by atoms with van der Waals surface area (Å²) >= 11 is 0. The number of rotatable bonds is 8. The van der Waals surface area contributed by atoms with E-state index >= 15 is 0 Å². The molecule has 0 amide bonds. The lowest BCUT2D eigenvalue weighted by atomic mass is 10.0. The number of nitrogens with zero attached hydrogens (tertiary/aromatic N) is 1. The third-order valence-electron chi connectivity index (χ3n) is 3.87. The lowest BCUT2D eigenvalue weighted by Crippen LogP contribution is -2.43. The third kappa shape index (κ3) is 6.39. The molecule has 3 nitrogen and oxygen atoms in total. The van der Waals surface area contributed by atoms with Gasteiger partial charge in [-0.3, -0.25) is 0 Å². The summed E-state index contributed by atoms with van der Waals surface area (Å²) in [6, 6.07) is 1.42. The Labute approximate surface area is 107 Å². The van der Waals surface area contributed by atoms with Crippen LogP contribution in [-0.4, -0.2) is 49.7 Å². The summed E-state index contributed by atoms with van der Waals surface area (Å²) in [6.45, 7) is 12.8. The summed E-state index contributed by atoms with van der Waals surface area (Å²) < 4.78 is 0. The smallest absolute Gasteiger partial charge is 0.00937 e. The standard InChI is InChI=1S/C14H31N3/c1-4-17(5-2)12-6-7-13(3)16-14-8-10-15-11-9-14/h13-16H,4-12H2,1-3H3. The van der Waals surface area contributed by atoms with Crippen LogP contribution >= 0.6 is 0 Å². The SMILES string of the molecule is CCN(CC)CCCC(C)NC1CCNCC1. The fourth-order valence-corrected chi connectivity index (χ4v) is 2.64. The van der Waals surface area contributed by atoms with Crippen molar-refractivity contribution in [1.82, 2.24) is 15.5 Å². The maximum absolute atomic E-state index is 3.77. The molecular weight excluding hydrogens is 210 g/mol. The molecule has 1 aliphatic heterocycles. The van der Waals surface area contributed by atoms with E-state index in [2.05, 4.69) is 36.3 Å². The summed E-state index contributed by atoms with van der Waals surface area (Å²) in [6.07, 6.45) is 5.21. The van der Waals surface area contributed by atoms with Crippen LogP contribution in [0, 0.1) is 0 Å². The summed E-state index contributed by atoms with van der Waals surface area (Å²) in [5.41, 5.74) is 0. The van der Waals surface area contributed by atoms with Crippen LogP contribution in [0.25, 0.3) is 0 Å². The maximum Gasteiger partial charge on any atom is 0.00937 e. The Bertz CT molecular complexity index is 174. The number of piperidine rings is 1. The molecule has 3 heteroatoms. The normalized spacial score (nSPS) is 19.8. The van der Waals surface area contributed by atoms with E-state index in [9.17, 15) is 0 Å². The molecule has 0 aromatic heterocycles. The molecule has 0 saturated carbocycles. The lowest BCUT2D eigenvalue weighted by molar-refractivity contribution is 0.283. The molecule has 0 aromatic carbocycles. The Morgan fingerprint density at radius 2 is 1.88 bits per heavy atom. The largest absolute Gasteiger partial charge is 0.317 e. The molecule has 0 bridgehead atoms. The quantitative estimate of drug-likeness (QED) is 0.679. The minimum absolute atomic E-state index is 0.675. The Hall–Kier alpha value is -0.120. The fraction of sp³-hybridized carbons (Fsp3) is 1.00. The van der Waals surface area contributed by atoms with Crippen molar-refractivity contribution in [2.45, 2.75) is 58.5 Å². The Kier molecular flexibility index (Phi) is 7.82. The molecule has 0 radical (unpaired) electrons. The molecule has 1 saturated heterocycles. The van der Waals surface area contributed by atoms with Gasteiger partial charge in [0.25, 0.3) is 0 Å². The molecule has 1 fully saturated rings. The zero-order valence-corrected chi connectivity index (χ0v) is 12.0. The van der Waals surface area contributed by atoms with Gasteiger partial charge < -0.3 is 15.5 Å². The van der Waals surface area contributed by atoms with Gasteiger partial charge in [-0.15, -0.1) is 0 Å². The van der Waals surface area contributed by atoms with Crippen LogP contribution in [0.1, 0.15) is 46.5 Å².